The fourth-order valence-corrected chi connectivity index (χ4v) is 5.39. The van der Waals surface area contributed by atoms with Crippen LogP contribution in [0.25, 0.3) is 10.9 Å². The van der Waals surface area contributed by atoms with Crippen LogP contribution >= 0.6 is 11.6 Å². The smallest absolute Gasteiger partial charge is 0.369 e. The highest BCUT2D eigenvalue weighted by Crippen LogP contribution is 2.29. The third-order valence-electron chi connectivity index (χ3n) is 7.30. The minimum atomic E-state index is -4.37. The van der Waals surface area contributed by atoms with E-state index in [2.05, 4.69) is 26.3 Å². The van der Waals surface area contributed by atoms with E-state index in [0.717, 1.165) is 17.7 Å². The van der Waals surface area contributed by atoms with Crippen LogP contribution < -0.4 is 21.6 Å². The maximum absolute atomic E-state index is 13.8. The first-order chi connectivity index (χ1) is 20.5. The summed E-state index contributed by atoms with van der Waals surface area (Å²) in [7, 11) is 0. The minimum absolute atomic E-state index is 0.0679. The number of aryl methyl sites for hydroxylation is 2. The van der Waals surface area contributed by atoms with Crippen LogP contribution in [-0.2, 0) is 19.1 Å². The van der Waals surface area contributed by atoms with Crippen molar-refractivity contribution in [3.8, 4) is 6.07 Å². The number of nitrogens with one attached hydrogen (secondary N) is 1. The number of halogens is 4. The molecule has 2 aromatic carbocycles. The second kappa shape index (κ2) is 12.4. The van der Waals surface area contributed by atoms with E-state index in [4.69, 9.17) is 22.3 Å². The molecule has 3 N–H and O–H groups in total. The molecule has 1 saturated heterocycles. The number of nitrogens with two attached hydrogens (primary N) is 1. The first-order valence-electron chi connectivity index (χ1n) is 13.7. The Morgan fingerprint density at radius 3 is 2.47 bits per heavy atom. The zero-order chi connectivity index (χ0) is 30.7. The summed E-state index contributed by atoms with van der Waals surface area (Å²) in [5.41, 5.74) is 6.91. The highest BCUT2D eigenvalue weighted by Gasteiger charge is 2.30. The van der Waals surface area contributed by atoms with Crippen LogP contribution in [0.3, 0.4) is 0 Å². The van der Waals surface area contributed by atoms with E-state index in [1.165, 1.54) is 12.1 Å². The van der Waals surface area contributed by atoms with Gasteiger partial charge < -0.3 is 16.1 Å². The van der Waals surface area contributed by atoms with Crippen molar-refractivity contribution in [1.82, 2.24) is 24.5 Å². The molecule has 14 heteroatoms. The zero-order valence-electron chi connectivity index (χ0n) is 23.3. The molecule has 0 unspecified atom stereocenters. The molecular formula is C29H29ClF3N9O. The number of fused-ring (bicyclic) bond motifs is 1. The van der Waals surface area contributed by atoms with Gasteiger partial charge in [0.05, 0.1) is 27.2 Å². The van der Waals surface area contributed by atoms with Crippen molar-refractivity contribution < 1.29 is 13.2 Å². The van der Waals surface area contributed by atoms with Gasteiger partial charge in [-0.3, -0.25) is 9.69 Å². The summed E-state index contributed by atoms with van der Waals surface area (Å²) in [6, 6.07) is 12.4. The largest absolute Gasteiger partial charge is 0.416 e. The molecular weight excluding hydrogens is 583 g/mol. The molecule has 0 radical (unpaired) electrons. The van der Waals surface area contributed by atoms with Crippen LogP contribution in [0, 0.1) is 18.3 Å². The summed E-state index contributed by atoms with van der Waals surface area (Å²) in [5, 5.41) is 15.2. The summed E-state index contributed by atoms with van der Waals surface area (Å²) in [5.74, 6) is 0.988. The molecule has 5 rings (SSSR count). The van der Waals surface area contributed by atoms with Gasteiger partial charge in [-0.2, -0.15) is 23.4 Å². The summed E-state index contributed by atoms with van der Waals surface area (Å²) >= 11 is 6.42. The number of anilines is 2. The standard InChI is InChI=1S/C29H29ClF3N9O/c1-18-21(16-34)26(39-28(35)37-18)36-11-3-6-24-38-23-5-2-4-22(30)25(23)27(43)42(24)41-14-12-40(13-15-41)17-19-7-9-20(10-8-19)29(31,32)33/h2,4-5,7-10H,3,6,11-15,17H2,1H3,(H3,35,36,37,39). The maximum atomic E-state index is 13.8. The van der Waals surface area contributed by atoms with Crippen molar-refractivity contribution in [3.05, 3.63) is 86.0 Å². The summed E-state index contributed by atoms with van der Waals surface area (Å²) in [6.07, 6.45) is -3.36. The van der Waals surface area contributed by atoms with Gasteiger partial charge in [0, 0.05) is 45.7 Å². The van der Waals surface area contributed by atoms with E-state index in [-0.39, 0.29) is 11.5 Å². The molecule has 3 heterocycles. The van der Waals surface area contributed by atoms with Crippen LogP contribution in [0.2, 0.25) is 5.02 Å². The zero-order valence-corrected chi connectivity index (χ0v) is 24.1. The Labute approximate surface area is 250 Å². The average Bonchev–Trinajstić information content (AvgIpc) is 2.95. The lowest BCUT2D eigenvalue weighted by molar-refractivity contribution is -0.137. The van der Waals surface area contributed by atoms with Crippen LogP contribution in [0.15, 0.2) is 47.3 Å². The molecule has 10 nitrogen and oxygen atoms in total. The Bertz CT molecular complexity index is 1730. The van der Waals surface area contributed by atoms with Gasteiger partial charge in [0.2, 0.25) is 5.95 Å². The normalized spacial score (nSPS) is 14.2. The molecule has 1 aliphatic rings. The average molecular weight is 612 g/mol. The molecule has 1 fully saturated rings. The number of nitrogens with zero attached hydrogens (tertiary/aromatic N) is 7. The van der Waals surface area contributed by atoms with E-state index in [1.807, 2.05) is 5.01 Å². The highest BCUT2D eigenvalue weighted by atomic mass is 35.5. The van der Waals surface area contributed by atoms with Crippen LogP contribution in [0.5, 0.6) is 0 Å². The van der Waals surface area contributed by atoms with Gasteiger partial charge in [-0.15, -0.1) is 0 Å². The van der Waals surface area contributed by atoms with Gasteiger partial charge in [0.15, 0.2) is 0 Å². The molecule has 43 heavy (non-hydrogen) atoms. The van der Waals surface area contributed by atoms with Gasteiger partial charge in [-0.05, 0) is 43.2 Å². The van der Waals surface area contributed by atoms with Crippen LogP contribution in [0.4, 0.5) is 24.9 Å². The van der Waals surface area contributed by atoms with Crippen LogP contribution in [-0.4, -0.2) is 57.3 Å². The van der Waals surface area contributed by atoms with Crippen LogP contribution in [0.1, 0.15) is 34.6 Å². The van der Waals surface area contributed by atoms with Gasteiger partial charge in [0.25, 0.3) is 5.56 Å². The molecule has 0 spiro atoms. The van der Waals surface area contributed by atoms with E-state index in [0.29, 0.717) is 90.9 Å². The Morgan fingerprint density at radius 1 is 1.07 bits per heavy atom. The topological polar surface area (TPSA) is 129 Å². The first-order valence-corrected chi connectivity index (χ1v) is 14.0. The molecule has 4 aromatic rings. The maximum Gasteiger partial charge on any atom is 0.416 e. The molecule has 0 bridgehead atoms. The Morgan fingerprint density at radius 2 is 1.79 bits per heavy atom. The lowest BCUT2D eigenvalue weighted by Crippen LogP contribution is -2.54. The number of benzene rings is 2. The van der Waals surface area contributed by atoms with Crippen molar-refractivity contribution in [2.24, 2.45) is 0 Å². The fourth-order valence-electron chi connectivity index (χ4n) is 5.14. The fraction of sp³-hybridized carbons (Fsp3) is 0.345. The van der Waals surface area contributed by atoms with Gasteiger partial charge >= 0.3 is 6.18 Å². The Kier molecular flexibility index (Phi) is 8.70. The first kappa shape index (κ1) is 30.1. The van der Waals surface area contributed by atoms with Crippen molar-refractivity contribution in [1.29, 1.82) is 5.26 Å². The molecule has 0 aliphatic carbocycles. The number of alkyl halides is 3. The molecule has 2 aromatic heterocycles. The monoisotopic (exact) mass is 611 g/mol. The minimum Gasteiger partial charge on any atom is -0.369 e. The number of aromatic nitrogens is 4. The predicted molar refractivity (Wildman–Crippen MR) is 158 cm³/mol. The van der Waals surface area contributed by atoms with Crippen molar-refractivity contribution in [2.45, 2.75) is 32.5 Å². The third kappa shape index (κ3) is 6.65. The van der Waals surface area contributed by atoms with Crippen molar-refractivity contribution in [2.75, 3.05) is 48.8 Å². The highest BCUT2D eigenvalue weighted by molar-refractivity contribution is 6.35. The Hall–Kier alpha value is -4.41. The van der Waals surface area contributed by atoms with E-state index < -0.39 is 11.7 Å². The number of nitriles is 1. The number of rotatable bonds is 8. The van der Waals surface area contributed by atoms with Crippen molar-refractivity contribution >= 4 is 34.3 Å². The summed E-state index contributed by atoms with van der Waals surface area (Å²) < 4.78 is 40.4. The molecule has 1 aliphatic heterocycles. The molecule has 224 valence electrons. The lowest BCUT2D eigenvalue weighted by atomic mass is 10.1. The predicted octanol–water partition coefficient (Wildman–Crippen LogP) is 4.12. The lowest BCUT2D eigenvalue weighted by Gasteiger charge is -2.37. The number of nitrogen functional groups attached to an aromatic ring is 1. The second-order valence-corrected chi connectivity index (χ2v) is 10.6. The van der Waals surface area contributed by atoms with E-state index >= 15 is 0 Å². The second-order valence-electron chi connectivity index (χ2n) is 10.2. The third-order valence-corrected chi connectivity index (χ3v) is 7.61. The van der Waals surface area contributed by atoms with Gasteiger partial charge in [-0.25, -0.2) is 14.6 Å². The van der Waals surface area contributed by atoms with Gasteiger partial charge in [-0.1, -0.05) is 29.8 Å². The number of piperazine rings is 1. The quantitative estimate of drug-likeness (QED) is 0.283. The summed E-state index contributed by atoms with van der Waals surface area (Å²) in [4.78, 5) is 28.9. The number of hydrogen-bond donors (Lipinski definition) is 2. The molecule has 0 saturated carbocycles. The molecule has 0 atom stereocenters. The number of hydrogen-bond acceptors (Lipinski definition) is 9. The van der Waals surface area contributed by atoms with E-state index in [1.54, 1.807) is 29.8 Å². The summed E-state index contributed by atoms with van der Waals surface area (Å²) in [6.45, 7) is 4.84. The van der Waals surface area contributed by atoms with Gasteiger partial charge in [0.1, 0.15) is 23.3 Å². The van der Waals surface area contributed by atoms with Crippen molar-refractivity contribution in [3.63, 3.8) is 0 Å². The Balaban J connectivity index is 1.31. The van der Waals surface area contributed by atoms with E-state index in [9.17, 15) is 23.2 Å². The SMILES string of the molecule is Cc1nc(N)nc(NCCCc2nc3cccc(Cl)c3c(=O)n2N2CCN(Cc3ccc(C(F)(F)F)cc3)CC2)c1C#N. The molecule has 0 amide bonds.